The summed E-state index contributed by atoms with van der Waals surface area (Å²) < 4.78 is 0. The van der Waals surface area contributed by atoms with Gasteiger partial charge in [0.1, 0.15) is 0 Å². The lowest BCUT2D eigenvalue weighted by Crippen LogP contribution is -2.32. The van der Waals surface area contributed by atoms with Crippen molar-refractivity contribution in [2.24, 2.45) is 23.7 Å². The lowest BCUT2D eigenvalue weighted by molar-refractivity contribution is -0.123. The second kappa shape index (κ2) is 7.49. The quantitative estimate of drug-likeness (QED) is 0.583. The van der Waals surface area contributed by atoms with Gasteiger partial charge in [-0.2, -0.15) is 0 Å². The zero-order valence-corrected chi connectivity index (χ0v) is 17.8. The molecule has 2 aliphatic carbocycles. The van der Waals surface area contributed by atoms with E-state index in [4.69, 9.17) is 0 Å². The number of carbonyl (C=O) groups excluding carboxylic acids is 3. The van der Waals surface area contributed by atoms with Gasteiger partial charge in [0.15, 0.2) is 0 Å². The third kappa shape index (κ3) is 3.02. The molecule has 5 nitrogen and oxygen atoms in total. The molecule has 5 rings (SSSR count). The van der Waals surface area contributed by atoms with Gasteiger partial charge in [0.2, 0.25) is 11.8 Å². The van der Waals surface area contributed by atoms with Crippen LogP contribution in [0.3, 0.4) is 0 Å². The molecule has 1 saturated heterocycles. The number of anilines is 2. The van der Waals surface area contributed by atoms with Crippen molar-refractivity contribution in [1.29, 1.82) is 0 Å². The van der Waals surface area contributed by atoms with Gasteiger partial charge in [-0.05, 0) is 66.5 Å². The third-order valence-corrected chi connectivity index (χ3v) is 7.10. The lowest BCUT2D eigenvalue weighted by atomic mass is 9.85. The molecule has 2 bridgehead atoms. The number of benzene rings is 2. The van der Waals surface area contributed by atoms with Crippen LogP contribution in [0, 0.1) is 23.7 Å². The summed E-state index contributed by atoms with van der Waals surface area (Å²) >= 11 is 0. The number of fused-ring (bicyclic) bond motifs is 5. The number of rotatable bonds is 5. The standard InChI is InChI=1S/C26H26N2O3/c1-3-15-6-5-7-16(4-2)23(15)27-24(29)17-10-12-20(13-11-17)28-25(30)21-18-8-9-19(14-18)22(21)26(28)31/h5-13,18-19,21-22H,3-4,14H2,1-2H3,(H,27,29)/t18-,19-,21-,22+/m0/s1. The summed E-state index contributed by atoms with van der Waals surface area (Å²) in [5.41, 5.74) is 4.13. The van der Waals surface area contributed by atoms with E-state index in [1.54, 1.807) is 24.3 Å². The van der Waals surface area contributed by atoms with E-state index in [1.165, 1.54) is 4.90 Å². The summed E-state index contributed by atoms with van der Waals surface area (Å²) in [6, 6.07) is 12.9. The number of aryl methyl sites for hydroxylation is 2. The number of carbonyl (C=O) groups is 3. The maximum absolute atomic E-state index is 13.0. The van der Waals surface area contributed by atoms with Crippen molar-refractivity contribution in [2.75, 3.05) is 10.2 Å². The largest absolute Gasteiger partial charge is 0.321 e. The Balaban J connectivity index is 1.36. The first-order chi connectivity index (χ1) is 15.0. The van der Waals surface area contributed by atoms with Gasteiger partial charge in [-0.3, -0.25) is 19.3 Å². The molecule has 0 radical (unpaired) electrons. The summed E-state index contributed by atoms with van der Waals surface area (Å²) in [5, 5.41) is 3.06. The average molecular weight is 415 g/mol. The smallest absolute Gasteiger partial charge is 0.255 e. The van der Waals surface area contributed by atoms with E-state index in [2.05, 4.69) is 31.3 Å². The Morgan fingerprint density at radius 2 is 1.45 bits per heavy atom. The molecule has 3 aliphatic rings. The zero-order chi connectivity index (χ0) is 21.7. The zero-order valence-electron chi connectivity index (χ0n) is 17.8. The van der Waals surface area contributed by atoms with Crippen LogP contribution in [-0.4, -0.2) is 17.7 Å². The van der Waals surface area contributed by atoms with E-state index < -0.39 is 0 Å². The molecule has 2 aromatic rings. The summed E-state index contributed by atoms with van der Waals surface area (Å²) in [4.78, 5) is 40.2. The van der Waals surface area contributed by atoms with Crippen LogP contribution in [0.5, 0.6) is 0 Å². The molecule has 0 spiro atoms. The van der Waals surface area contributed by atoms with Crippen molar-refractivity contribution in [3.8, 4) is 0 Å². The van der Waals surface area contributed by atoms with Gasteiger partial charge in [0.05, 0.1) is 17.5 Å². The van der Waals surface area contributed by atoms with Crippen molar-refractivity contribution < 1.29 is 14.4 Å². The highest BCUT2D eigenvalue weighted by Gasteiger charge is 2.59. The van der Waals surface area contributed by atoms with Crippen LogP contribution < -0.4 is 10.2 Å². The molecular formula is C26H26N2O3. The molecule has 31 heavy (non-hydrogen) atoms. The number of para-hydroxylation sites is 1. The summed E-state index contributed by atoms with van der Waals surface area (Å²) in [6.45, 7) is 4.14. The van der Waals surface area contributed by atoms with Gasteiger partial charge in [-0.1, -0.05) is 44.2 Å². The topological polar surface area (TPSA) is 66.5 Å². The monoisotopic (exact) mass is 414 g/mol. The van der Waals surface area contributed by atoms with E-state index in [-0.39, 0.29) is 41.4 Å². The van der Waals surface area contributed by atoms with Crippen LogP contribution in [0.25, 0.3) is 0 Å². The molecule has 2 aromatic carbocycles. The van der Waals surface area contributed by atoms with Crippen molar-refractivity contribution in [3.63, 3.8) is 0 Å². The molecule has 1 saturated carbocycles. The summed E-state index contributed by atoms with van der Waals surface area (Å²) in [5.74, 6) is -0.463. The molecule has 1 aliphatic heterocycles. The lowest BCUT2D eigenvalue weighted by Gasteiger charge is -2.18. The van der Waals surface area contributed by atoms with Gasteiger partial charge in [-0.25, -0.2) is 0 Å². The predicted octanol–water partition coefficient (Wildman–Crippen LogP) is 4.38. The number of hydrogen-bond acceptors (Lipinski definition) is 3. The first-order valence-corrected chi connectivity index (χ1v) is 11.1. The third-order valence-electron chi connectivity index (χ3n) is 7.10. The molecule has 1 N–H and O–H groups in total. The van der Waals surface area contributed by atoms with Gasteiger partial charge >= 0.3 is 0 Å². The maximum atomic E-state index is 13.0. The van der Waals surface area contributed by atoms with Gasteiger partial charge in [0.25, 0.3) is 5.91 Å². The van der Waals surface area contributed by atoms with E-state index >= 15 is 0 Å². The first kappa shape index (κ1) is 19.7. The Bertz CT molecular complexity index is 1050. The predicted molar refractivity (Wildman–Crippen MR) is 120 cm³/mol. The molecule has 158 valence electrons. The SMILES string of the molecule is CCc1cccc(CC)c1NC(=O)c1ccc(N2C(=O)[C@@H]3[C@H](C2=O)[C@H]2C=C[C@H]3C2)cc1. The fraction of sp³-hybridized carbons (Fsp3) is 0.346. The first-order valence-electron chi connectivity index (χ1n) is 11.1. The molecule has 1 heterocycles. The normalized spacial score (nSPS) is 25.9. The molecule has 2 fully saturated rings. The van der Waals surface area contributed by atoms with Crippen LogP contribution in [-0.2, 0) is 22.4 Å². The van der Waals surface area contributed by atoms with Crippen LogP contribution in [0.4, 0.5) is 11.4 Å². The van der Waals surface area contributed by atoms with Gasteiger partial charge < -0.3 is 5.32 Å². The second-order valence-electron chi connectivity index (χ2n) is 8.67. The van der Waals surface area contributed by atoms with E-state index in [0.717, 1.165) is 36.1 Å². The van der Waals surface area contributed by atoms with Crippen molar-refractivity contribution in [3.05, 3.63) is 71.3 Å². The Labute approximate surface area is 182 Å². The minimum absolute atomic E-state index is 0.103. The minimum atomic E-state index is -0.219. The Kier molecular flexibility index (Phi) is 4.77. The summed E-state index contributed by atoms with van der Waals surface area (Å²) in [7, 11) is 0. The van der Waals surface area contributed by atoms with Gasteiger partial charge in [-0.15, -0.1) is 0 Å². The summed E-state index contributed by atoms with van der Waals surface area (Å²) in [6.07, 6.45) is 6.76. The van der Waals surface area contributed by atoms with Crippen LogP contribution >= 0.6 is 0 Å². The highest BCUT2D eigenvalue weighted by Crippen LogP contribution is 2.53. The van der Waals surface area contributed by atoms with Crippen molar-refractivity contribution >= 4 is 29.1 Å². The van der Waals surface area contributed by atoms with Crippen molar-refractivity contribution in [2.45, 2.75) is 33.1 Å². The Morgan fingerprint density at radius 3 is 1.97 bits per heavy atom. The van der Waals surface area contributed by atoms with Crippen molar-refractivity contribution in [1.82, 2.24) is 0 Å². The Morgan fingerprint density at radius 1 is 0.903 bits per heavy atom. The number of amides is 3. The highest BCUT2D eigenvalue weighted by atomic mass is 16.2. The molecule has 0 aromatic heterocycles. The Hall–Kier alpha value is -3.21. The number of allylic oxidation sites excluding steroid dienone is 2. The van der Waals surface area contributed by atoms with E-state index in [0.29, 0.717) is 11.3 Å². The van der Waals surface area contributed by atoms with Gasteiger partial charge in [0, 0.05) is 11.3 Å². The van der Waals surface area contributed by atoms with E-state index in [9.17, 15) is 14.4 Å². The highest BCUT2D eigenvalue weighted by molar-refractivity contribution is 6.23. The fourth-order valence-corrected chi connectivity index (χ4v) is 5.51. The number of nitrogens with zero attached hydrogens (tertiary/aromatic N) is 1. The molecule has 4 atom stereocenters. The molecule has 5 heteroatoms. The van der Waals surface area contributed by atoms with Crippen LogP contribution in [0.1, 0.15) is 41.8 Å². The van der Waals surface area contributed by atoms with E-state index in [1.807, 2.05) is 18.2 Å². The van der Waals surface area contributed by atoms with Crippen LogP contribution in [0.2, 0.25) is 0 Å². The molecular weight excluding hydrogens is 388 g/mol. The fourth-order valence-electron chi connectivity index (χ4n) is 5.51. The maximum Gasteiger partial charge on any atom is 0.255 e. The van der Waals surface area contributed by atoms with Crippen LogP contribution in [0.15, 0.2) is 54.6 Å². The number of imide groups is 1. The number of nitrogens with one attached hydrogen (secondary N) is 1. The second-order valence-corrected chi connectivity index (χ2v) is 8.67. The minimum Gasteiger partial charge on any atom is -0.321 e. The molecule has 3 amide bonds. The molecule has 0 unspecified atom stereocenters. The average Bonchev–Trinajstić information content (AvgIpc) is 3.47. The number of hydrogen-bond donors (Lipinski definition) is 1.